The Morgan fingerprint density at radius 3 is 1.97 bits per heavy atom. The Morgan fingerprint density at radius 2 is 1.44 bits per heavy atom. The molecule has 2 aromatic carbocycles. The first-order valence-electron chi connectivity index (χ1n) is 10.3. The zero-order valence-corrected chi connectivity index (χ0v) is 18.9. The molecule has 10 nitrogen and oxygen atoms in total. The lowest BCUT2D eigenvalue weighted by atomic mass is 10.1. The van der Waals surface area contributed by atoms with E-state index in [1.54, 1.807) is 24.3 Å². The highest BCUT2D eigenvalue weighted by Crippen LogP contribution is 2.11. The molecule has 0 aliphatic rings. The van der Waals surface area contributed by atoms with Crippen molar-refractivity contribution in [3.8, 4) is 11.8 Å². The van der Waals surface area contributed by atoms with Crippen molar-refractivity contribution in [1.29, 1.82) is 0 Å². The lowest BCUT2D eigenvalue weighted by molar-refractivity contribution is -0.151. The second-order valence-corrected chi connectivity index (χ2v) is 7.64. The molecule has 3 amide bonds. The van der Waals surface area contributed by atoms with E-state index in [0.29, 0.717) is 11.3 Å². The van der Waals surface area contributed by atoms with Gasteiger partial charge in [-0.25, -0.2) is 0 Å². The summed E-state index contributed by atoms with van der Waals surface area (Å²) < 4.78 is 0. The number of benzene rings is 2. The molecule has 0 bridgehead atoms. The summed E-state index contributed by atoms with van der Waals surface area (Å²) >= 11 is 0. The van der Waals surface area contributed by atoms with Gasteiger partial charge in [0.25, 0.3) is 11.8 Å². The van der Waals surface area contributed by atoms with Gasteiger partial charge in [0.2, 0.25) is 5.91 Å². The lowest BCUT2D eigenvalue weighted by Gasteiger charge is -2.24. The van der Waals surface area contributed by atoms with E-state index in [1.165, 1.54) is 21.0 Å². The highest BCUT2D eigenvalue weighted by atomic mass is 16.3. The molecule has 10 heteroatoms. The first-order valence-corrected chi connectivity index (χ1v) is 10.3. The van der Waals surface area contributed by atoms with Crippen molar-refractivity contribution in [2.24, 2.45) is 5.18 Å². The standard InChI is InChI=1S/C24H26N4O6/c1-15(27-34)19(26-23(32)20(29)21(30)24(33)28(2)3)22(31)25-18-13-11-17(12-14-18)10-9-16-7-5-4-6-8-16/h4-8,11-15,19-21,29-30H,1-3H3,(H,25,31)(H,26,32)/t15-,19+,20?,21?/m1/s1. The molecule has 0 saturated heterocycles. The van der Waals surface area contributed by atoms with Crippen molar-refractivity contribution in [3.63, 3.8) is 0 Å². The number of hydrogen-bond acceptors (Lipinski definition) is 7. The quantitative estimate of drug-likeness (QED) is 0.328. The van der Waals surface area contributed by atoms with Crippen LogP contribution in [0.2, 0.25) is 0 Å². The summed E-state index contributed by atoms with van der Waals surface area (Å²) in [5.41, 5.74) is 1.93. The summed E-state index contributed by atoms with van der Waals surface area (Å²) in [6.45, 7) is 1.30. The number of aliphatic hydroxyl groups excluding tert-OH is 2. The number of nitrogens with one attached hydrogen (secondary N) is 2. The van der Waals surface area contributed by atoms with Gasteiger partial charge >= 0.3 is 0 Å². The summed E-state index contributed by atoms with van der Waals surface area (Å²) in [4.78, 5) is 48.8. The van der Waals surface area contributed by atoms with Crippen LogP contribution in [-0.4, -0.2) is 71.2 Å². The van der Waals surface area contributed by atoms with Gasteiger partial charge in [-0.1, -0.05) is 35.2 Å². The molecule has 0 fully saturated rings. The SMILES string of the molecule is C[C@@H](N=O)[C@H](NC(=O)C(O)C(O)C(=O)N(C)C)C(=O)Nc1ccc(C#Cc2ccccc2)cc1. The number of anilines is 1. The molecule has 4 atom stereocenters. The highest BCUT2D eigenvalue weighted by molar-refractivity contribution is 5.99. The molecule has 2 unspecified atom stereocenters. The maximum atomic E-state index is 12.7. The molecule has 4 N–H and O–H groups in total. The van der Waals surface area contributed by atoms with E-state index >= 15 is 0 Å². The zero-order chi connectivity index (χ0) is 25.3. The van der Waals surface area contributed by atoms with Crippen LogP contribution in [0.1, 0.15) is 18.1 Å². The summed E-state index contributed by atoms with van der Waals surface area (Å²) in [5, 5.41) is 27.3. The molecule has 0 heterocycles. The van der Waals surface area contributed by atoms with Gasteiger partial charge in [-0.05, 0) is 43.3 Å². The normalized spacial score (nSPS) is 13.8. The van der Waals surface area contributed by atoms with Gasteiger partial charge in [0.1, 0.15) is 12.1 Å². The molecule has 0 aliphatic heterocycles. The number of carbonyl (C=O) groups excluding carboxylic acids is 3. The molecule has 178 valence electrons. The number of nitrogens with zero attached hydrogens (tertiary/aromatic N) is 2. The minimum Gasteiger partial charge on any atom is -0.380 e. The van der Waals surface area contributed by atoms with Crippen LogP contribution in [-0.2, 0) is 14.4 Å². The minimum atomic E-state index is -2.15. The largest absolute Gasteiger partial charge is 0.380 e. The number of amides is 3. The Kier molecular flexibility index (Phi) is 9.43. The van der Waals surface area contributed by atoms with E-state index in [4.69, 9.17) is 0 Å². The molecular weight excluding hydrogens is 440 g/mol. The second kappa shape index (κ2) is 12.2. The first kappa shape index (κ1) is 26.2. The molecule has 0 saturated carbocycles. The topological polar surface area (TPSA) is 148 Å². The number of carbonyl (C=O) groups is 3. The molecule has 0 aromatic heterocycles. The van der Waals surface area contributed by atoms with Gasteiger partial charge in [-0.3, -0.25) is 14.4 Å². The van der Waals surface area contributed by atoms with Crippen LogP contribution in [0.15, 0.2) is 59.8 Å². The Labute approximate surface area is 196 Å². The van der Waals surface area contributed by atoms with Crippen molar-refractivity contribution in [2.45, 2.75) is 31.2 Å². The fourth-order valence-electron chi connectivity index (χ4n) is 2.77. The summed E-state index contributed by atoms with van der Waals surface area (Å²) in [5.74, 6) is 3.13. The fraction of sp³-hybridized carbons (Fsp3) is 0.292. The smallest absolute Gasteiger partial charge is 0.254 e. The molecule has 0 radical (unpaired) electrons. The van der Waals surface area contributed by atoms with Crippen LogP contribution in [0.4, 0.5) is 5.69 Å². The van der Waals surface area contributed by atoms with E-state index < -0.39 is 42.0 Å². The maximum Gasteiger partial charge on any atom is 0.254 e. The van der Waals surface area contributed by atoms with Crippen LogP contribution in [0.25, 0.3) is 0 Å². The Bertz CT molecular complexity index is 1080. The molecular formula is C24H26N4O6. The predicted octanol–water partition coefficient (Wildman–Crippen LogP) is 0.475. The third-order valence-corrected chi connectivity index (χ3v) is 4.77. The van der Waals surface area contributed by atoms with Crippen molar-refractivity contribution >= 4 is 23.4 Å². The Balaban J connectivity index is 2.08. The summed E-state index contributed by atoms with van der Waals surface area (Å²) in [7, 11) is 2.67. The average molecular weight is 466 g/mol. The van der Waals surface area contributed by atoms with Crippen molar-refractivity contribution in [2.75, 3.05) is 19.4 Å². The molecule has 0 spiro atoms. The molecule has 2 aromatic rings. The van der Waals surface area contributed by atoms with Gasteiger partial charge in [-0.2, -0.15) is 4.91 Å². The van der Waals surface area contributed by atoms with Crippen molar-refractivity contribution < 1.29 is 24.6 Å². The lowest BCUT2D eigenvalue weighted by Crippen LogP contribution is -2.56. The third kappa shape index (κ3) is 7.23. The summed E-state index contributed by atoms with van der Waals surface area (Å²) in [6, 6.07) is 13.3. The number of rotatable bonds is 8. The number of nitroso groups, excluding NO2 is 1. The Morgan fingerprint density at radius 1 is 0.882 bits per heavy atom. The van der Waals surface area contributed by atoms with Crippen molar-refractivity contribution in [1.82, 2.24) is 10.2 Å². The van der Waals surface area contributed by atoms with Gasteiger partial charge in [0.15, 0.2) is 12.2 Å². The van der Waals surface area contributed by atoms with E-state index in [9.17, 15) is 29.5 Å². The van der Waals surface area contributed by atoms with Gasteiger partial charge in [0.05, 0.1) is 0 Å². The van der Waals surface area contributed by atoms with Gasteiger partial charge < -0.3 is 25.7 Å². The van der Waals surface area contributed by atoms with Crippen LogP contribution in [0, 0.1) is 16.7 Å². The second-order valence-electron chi connectivity index (χ2n) is 7.64. The number of likely N-dealkylation sites (N-methyl/N-ethyl adjacent to an activating group) is 1. The van der Waals surface area contributed by atoms with E-state index in [0.717, 1.165) is 10.5 Å². The van der Waals surface area contributed by atoms with Crippen LogP contribution < -0.4 is 10.6 Å². The molecule has 0 aliphatic carbocycles. The van der Waals surface area contributed by atoms with Crippen molar-refractivity contribution in [3.05, 3.63) is 70.6 Å². The molecule has 34 heavy (non-hydrogen) atoms. The van der Waals surface area contributed by atoms with Crippen LogP contribution >= 0.6 is 0 Å². The third-order valence-electron chi connectivity index (χ3n) is 4.77. The van der Waals surface area contributed by atoms with Gasteiger partial charge in [-0.15, -0.1) is 0 Å². The number of hydrogen-bond donors (Lipinski definition) is 4. The first-order chi connectivity index (χ1) is 16.1. The fourth-order valence-corrected chi connectivity index (χ4v) is 2.77. The van der Waals surface area contributed by atoms with E-state index in [-0.39, 0.29) is 0 Å². The Hall–Kier alpha value is -4.07. The van der Waals surface area contributed by atoms with Gasteiger partial charge in [0, 0.05) is 30.9 Å². The van der Waals surface area contributed by atoms with Crippen LogP contribution in [0.5, 0.6) is 0 Å². The van der Waals surface area contributed by atoms with E-state index in [2.05, 4.69) is 27.7 Å². The zero-order valence-electron chi connectivity index (χ0n) is 18.9. The summed E-state index contributed by atoms with van der Waals surface area (Å²) in [6.07, 6.45) is -4.19. The highest BCUT2D eigenvalue weighted by Gasteiger charge is 2.35. The maximum absolute atomic E-state index is 12.7. The average Bonchev–Trinajstić information content (AvgIpc) is 2.85. The minimum absolute atomic E-state index is 0.371. The monoisotopic (exact) mass is 466 g/mol. The number of aliphatic hydroxyl groups is 2. The van der Waals surface area contributed by atoms with E-state index in [1.807, 2.05) is 30.3 Å². The molecule has 2 rings (SSSR count). The predicted molar refractivity (Wildman–Crippen MR) is 125 cm³/mol. The van der Waals surface area contributed by atoms with Crippen LogP contribution in [0.3, 0.4) is 0 Å².